The fourth-order valence-electron chi connectivity index (χ4n) is 3.01. The van der Waals surface area contributed by atoms with Gasteiger partial charge in [-0.2, -0.15) is 0 Å². The molecule has 0 radical (unpaired) electrons. The number of methoxy groups -OCH3 is 1. The lowest BCUT2D eigenvalue weighted by Gasteiger charge is -2.40. The summed E-state index contributed by atoms with van der Waals surface area (Å²) in [5.41, 5.74) is 1.10. The van der Waals surface area contributed by atoms with Gasteiger partial charge in [0.2, 0.25) is 0 Å². The summed E-state index contributed by atoms with van der Waals surface area (Å²) >= 11 is 0. The molecule has 21 heavy (non-hydrogen) atoms. The van der Waals surface area contributed by atoms with Gasteiger partial charge < -0.3 is 10.1 Å². The number of hydrogen-bond acceptors (Lipinski definition) is 5. The number of likely N-dealkylation sites (N-methyl/N-ethyl adjacent to an activating group) is 1. The summed E-state index contributed by atoms with van der Waals surface area (Å²) in [5.74, 6) is 0. The summed E-state index contributed by atoms with van der Waals surface area (Å²) in [4.78, 5) is 10.8. The summed E-state index contributed by atoms with van der Waals surface area (Å²) in [7, 11) is 3.83. The Labute approximate surface area is 128 Å². The molecule has 1 aromatic heterocycles. The molecule has 2 unspecified atom stereocenters. The van der Waals surface area contributed by atoms with Crippen molar-refractivity contribution < 1.29 is 4.74 Å². The highest BCUT2D eigenvalue weighted by atomic mass is 16.5. The summed E-state index contributed by atoms with van der Waals surface area (Å²) < 4.78 is 4.99. The molecule has 0 saturated heterocycles. The molecule has 1 fully saturated rings. The van der Waals surface area contributed by atoms with Gasteiger partial charge in [-0.05, 0) is 33.7 Å². The number of ether oxygens (including phenoxy) is 1. The van der Waals surface area contributed by atoms with Crippen molar-refractivity contribution in [2.75, 3.05) is 14.2 Å². The van der Waals surface area contributed by atoms with Gasteiger partial charge in [0.15, 0.2) is 0 Å². The highest BCUT2D eigenvalue weighted by Crippen LogP contribution is 2.24. The van der Waals surface area contributed by atoms with Crippen LogP contribution in [-0.2, 0) is 6.54 Å². The number of nitrogens with one attached hydrogen (secondary N) is 1. The van der Waals surface area contributed by atoms with E-state index in [1.807, 2.05) is 12.4 Å². The molecule has 5 heteroatoms. The van der Waals surface area contributed by atoms with Crippen molar-refractivity contribution in [3.63, 3.8) is 0 Å². The maximum Gasteiger partial charge on any atom is 0.316 e. The van der Waals surface area contributed by atoms with E-state index in [0.717, 1.165) is 12.1 Å². The Morgan fingerprint density at radius 1 is 1.29 bits per heavy atom. The lowest BCUT2D eigenvalue weighted by atomic mass is 9.88. The first-order chi connectivity index (χ1) is 10.1. The van der Waals surface area contributed by atoms with Gasteiger partial charge in [-0.25, -0.2) is 9.97 Å². The largest absolute Gasteiger partial charge is 0.467 e. The molecule has 118 valence electrons. The number of rotatable bonds is 6. The molecule has 0 aliphatic heterocycles. The summed E-state index contributed by atoms with van der Waals surface area (Å²) in [5, 5.41) is 3.70. The molecule has 1 aliphatic rings. The zero-order chi connectivity index (χ0) is 15.2. The molecular formula is C16H28N4O. The smallest absolute Gasteiger partial charge is 0.316 e. The number of nitrogens with zero attached hydrogens (tertiary/aromatic N) is 3. The minimum Gasteiger partial charge on any atom is -0.467 e. The number of hydrogen-bond donors (Lipinski definition) is 1. The second-order valence-corrected chi connectivity index (χ2v) is 6.18. The van der Waals surface area contributed by atoms with E-state index in [2.05, 4.69) is 41.1 Å². The first-order valence-corrected chi connectivity index (χ1v) is 7.92. The second kappa shape index (κ2) is 7.71. The maximum atomic E-state index is 4.99. The van der Waals surface area contributed by atoms with Crippen LogP contribution in [0.2, 0.25) is 0 Å². The number of aromatic nitrogens is 2. The second-order valence-electron chi connectivity index (χ2n) is 6.18. The molecule has 1 saturated carbocycles. The fraction of sp³-hybridized carbons (Fsp3) is 0.750. The monoisotopic (exact) mass is 292 g/mol. The lowest BCUT2D eigenvalue weighted by molar-refractivity contribution is 0.120. The Balaban J connectivity index is 1.92. The predicted octanol–water partition coefficient (Wildman–Crippen LogP) is 2.23. The van der Waals surface area contributed by atoms with Crippen LogP contribution in [0.1, 0.15) is 45.1 Å². The van der Waals surface area contributed by atoms with Gasteiger partial charge in [0.05, 0.1) is 7.11 Å². The van der Waals surface area contributed by atoms with Crippen LogP contribution in [0.4, 0.5) is 0 Å². The Hall–Kier alpha value is -1.20. The SMILES string of the molecule is COc1ncc(CNC2CCCCC2N(C)C(C)C)cn1. The van der Waals surface area contributed by atoms with Crippen molar-refractivity contribution in [1.29, 1.82) is 0 Å². The molecule has 5 nitrogen and oxygen atoms in total. The lowest BCUT2D eigenvalue weighted by Crippen LogP contribution is -2.52. The van der Waals surface area contributed by atoms with E-state index in [9.17, 15) is 0 Å². The molecule has 1 N–H and O–H groups in total. The van der Waals surface area contributed by atoms with Crippen molar-refractivity contribution in [3.8, 4) is 6.01 Å². The molecule has 0 spiro atoms. The molecule has 0 bridgehead atoms. The summed E-state index contributed by atoms with van der Waals surface area (Å²) in [6, 6.07) is 2.18. The van der Waals surface area contributed by atoms with Gasteiger partial charge in [-0.3, -0.25) is 4.90 Å². The van der Waals surface area contributed by atoms with E-state index in [0.29, 0.717) is 24.1 Å². The molecule has 1 aliphatic carbocycles. The van der Waals surface area contributed by atoms with Gasteiger partial charge in [-0.15, -0.1) is 0 Å². The first kappa shape index (κ1) is 16.2. The van der Waals surface area contributed by atoms with Gasteiger partial charge >= 0.3 is 6.01 Å². The molecule has 2 atom stereocenters. The molecule has 0 amide bonds. The van der Waals surface area contributed by atoms with E-state index in [1.54, 1.807) is 7.11 Å². The Kier molecular flexibility index (Phi) is 5.94. The standard InChI is InChI=1S/C16H28N4O/c1-12(2)20(3)15-8-6-5-7-14(15)17-9-13-10-18-16(21-4)19-11-13/h10-12,14-15,17H,5-9H2,1-4H3. The highest BCUT2D eigenvalue weighted by Gasteiger charge is 2.28. The summed E-state index contributed by atoms with van der Waals surface area (Å²) in [6.45, 7) is 5.35. The third-order valence-corrected chi connectivity index (χ3v) is 4.50. The normalized spacial score (nSPS) is 22.8. The van der Waals surface area contributed by atoms with Crippen molar-refractivity contribution in [2.45, 2.75) is 64.2 Å². The van der Waals surface area contributed by atoms with E-state index in [4.69, 9.17) is 4.74 Å². The topological polar surface area (TPSA) is 50.3 Å². The first-order valence-electron chi connectivity index (χ1n) is 7.92. The van der Waals surface area contributed by atoms with Crippen LogP contribution in [0.5, 0.6) is 6.01 Å². The quantitative estimate of drug-likeness (QED) is 0.871. The van der Waals surface area contributed by atoms with Crippen molar-refractivity contribution >= 4 is 0 Å². The van der Waals surface area contributed by atoms with Gasteiger partial charge in [0.1, 0.15) is 0 Å². The third-order valence-electron chi connectivity index (χ3n) is 4.50. The Bertz CT molecular complexity index is 421. The van der Waals surface area contributed by atoms with Gasteiger partial charge in [-0.1, -0.05) is 12.8 Å². The molecule has 1 aromatic rings. The van der Waals surface area contributed by atoms with Crippen LogP contribution in [0.15, 0.2) is 12.4 Å². The van der Waals surface area contributed by atoms with E-state index in [-0.39, 0.29) is 0 Å². The third kappa shape index (κ3) is 4.38. The zero-order valence-electron chi connectivity index (χ0n) is 13.7. The predicted molar refractivity (Wildman–Crippen MR) is 84.4 cm³/mol. The van der Waals surface area contributed by atoms with E-state index in [1.165, 1.54) is 25.7 Å². The highest BCUT2D eigenvalue weighted by molar-refractivity contribution is 5.07. The van der Waals surface area contributed by atoms with Crippen LogP contribution in [-0.4, -0.2) is 47.2 Å². The van der Waals surface area contributed by atoms with Crippen molar-refractivity contribution in [2.24, 2.45) is 0 Å². The van der Waals surface area contributed by atoms with Crippen LogP contribution in [0.3, 0.4) is 0 Å². The van der Waals surface area contributed by atoms with Crippen LogP contribution in [0, 0.1) is 0 Å². The minimum absolute atomic E-state index is 0.425. The van der Waals surface area contributed by atoms with Crippen LogP contribution in [0.25, 0.3) is 0 Å². The fourth-order valence-corrected chi connectivity index (χ4v) is 3.01. The average molecular weight is 292 g/mol. The Morgan fingerprint density at radius 3 is 2.57 bits per heavy atom. The molecule has 2 rings (SSSR count). The van der Waals surface area contributed by atoms with Crippen LogP contribution >= 0.6 is 0 Å². The minimum atomic E-state index is 0.425. The van der Waals surface area contributed by atoms with Gasteiger partial charge in [0, 0.05) is 42.6 Å². The Morgan fingerprint density at radius 2 is 1.95 bits per heavy atom. The summed E-state index contributed by atoms with van der Waals surface area (Å²) in [6.07, 6.45) is 8.86. The van der Waals surface area contributed by atoms with E-state index < -0.39 is 0 Å². The van der Waals surface area contributed by atoms with Gasteiger partial charge in [0.25, 0.3) is 0 Å². The molecule has 1 heterocycles. The van der Waals surface area contributed by atoms with Crippen LogP contribution < -0.4 is 10.1 Å². The van der Waals surface area contributed by atoms with Crippen molar-refractivity contribution in [3.05, 3.63) is 18.0 Å². The average Bonchev–Trinajstić information content (AvgIpc) is 2.53. The molecule has 0 aromatic carbocycles. The van der Waals surface area contributed by atoms with E-state index >= 15 is 0 Å². The maximum absolute atomic E-state index is 4.99. The zero-order valence-corrected chi connectivity index (χ0v) is 13.7. The van der Waals surface area contributed by atoms with Crippen molar-refractivity contribution in [1.82, 2.24) is 20.2 Å². The molecular weight excluding hydrogens is 264 g/mol.